The summed E-state index contributed by atoms with van der Waals surface area (Å²) in [7, 11) is 2.07. The number of hydrogen-bond donors (Lipinski definition) is 1. The minimum atomic E-state index is 0.574. The van der Waals surface area contributed by atoms with Crippen molar-refractivity contribution in [2.24, 2.45) is 0 Å². The van der Waals surface area contributed by atoms with E-state index >= 15 is 0 Å². The summed E-state index contributed by atoms with van der Waals surface area (Å²) in [6.45, 7) is 3.44. The summed E-state index contributed by atoms with van der Waals surface area (Å²) in [4.78, 5) is 6.75. The van der Waals surface area contributed by atoms with Crippen molar-refractivity contribution in [1.82, 2.24) is 10.3 Å². The lowest BCUT2D eigenvalue weighted by Gasteiger charge is -2.39. The van der Waals surface area contributed by atoms with Gasteiger partial charge in [-0.05, 0) is 38.9 Å². The van der Waals surface area contributed by atoms with Crippen LogP contribution in [-0.2, 0) is 0 Å². The zero-order chi connectivity index (χ0) is 13.2. The Balaban J connectivity index is 1.96. The molecule has 0 bridgehead atoms. The summed E-state index contributed by atoms with van der Waals surface area (Å²) < 4.78 is 0. The lowest BCUT2D eigenvalue weighted by atomic mass is 9.97. The van der Waals surface area contributed by atoms with E-state index in [1.165, 1.54) is 29.3 Å². The maximum Gasteiger partial charge on any atom is 0.0449 e. The first-order valence-corrected chi connectivity index (χ1v) is 7.06. The molecule has 0 spiro atoms. The number of nitrogens with one attached hydrogen (secondary N) is 1. The van der Waals surface area contributed by atoms with Gasteiger partial charge in [0.2, 0.25) is 0 Å². The molecule has 2 atom stereocenters. The zero-order valence-electron chi connectivity index (χ0n) is 11.6. The lowest BCUT2D eigenvalue weighted by Crippen LogP contribution is -2.46. The number of fused-ring (bicyclic) bond motifs is 1. The van der Waals surface area contributed by atoms with Crippen LogP contribution < -0.4 is 10.2 Å². The van der Waals surface area contributed by atoms with Crippen molar-refractivity contribution in [3.8, 4) is 0 Å². The molecule has 1 aliphatic heterocycles. The quantitative estimate of drug-likeness (QED) is 0.894. The fraction of sp³-hybridized carbons (Fsp3) is 0.438. The molecule has 0 amide bonds. The molecule has 2 aromatic rings. The second-order valence-corrected chi connectivity index (χ2v) is 5.43. The molecule has 0 radical (unpaired) electrons. The van der Waals surface area contributed by atoms with Gasteiger partial charge in [-0.3, -0.25) is 4.98 Å². The highest BCUT2D eigenvalue weighted by Crippen LogP contribution is 2.31. The van der Waals surface area contributed by atoms with E-state index in [2.05, 4.69) is 53.4 Å². The van der Waals surface area contributed by atoms with Gasteiger partial charge < -0.3 is 10.2 Å². The maximum atomic E-state index is 4.21. The van der Waals surface area contributed by atoms with Crippen LogP contribution in [-0.4, -0.2) is 30.7 Å². The van der Waals surface area contributed by atoms with Crippen LogP contribution in [0.4, 0.5) is 5.69 Å². The number of rotatable bonds is 2. The van der Waals surface area contributed by atoms with Crippen molar-refractivity contribution in [2.45, 2.75) is 31.8 Å². The fourth-order valence-corrected chi connectivity index (χ4v) is 3.15. The molecule has 1 aromatic carbocycles. The standard InChI is InChI=1S/C16H21N3/c1-12-10-14(17-2)7-9-19(12)16-5-3-4-13-11-18-8-6-15(13)16/h3-6,8,11-12,14,17H,7,9-10H2,1-2H3. The van der Waals surface area contributed by atoms with Gasteiger partial charge in [0, 0.05) is 47.5 Å². The van der Waals surface area contributed by atoms with Crippen LogP contribution in [0.2, 0.25) is 0 Å². The van der Waals surface area contributed by atoms with E-state index in [1.54, 1.807) is 0 Å². The van der Waals surface area contributed by atoms with Crippen LogP contribution in [0.3, 0.4) is 0 Å². The number of aromatic nitrogens is 1. The molecule has 1 fully saturated rings. The van der Waals surface area contributed by atoms with Crippen LogP contribution in [0.15, 0.2) is 36.7 Å². The average molecular weight is 255 g/mol. The molecule has 3 nitrogen and oxygen atoms in total. The first kappa shape index (κ1) is 12.4. The van der Waals surface area contributed by atoms with E-state index in [0.717, 1.165) is 6.54 Å². The topological polar surface area (TPSA) is 28.2 Å². The van der Waals surface area contributed by atoms with Crippen molar-refractivity contribution < 1.29 is 0 Å². The van der Waals surface area contributed by atoms with Gasteiger partial charge in [0.25, 0.3) is 0 Å². The molecule has 19 heavy (non-hydrogen) atoms. The Labute approximate surface area is 114 Å². The number of benzene rings is 1. The Kier molecular flexibility index (Phi) is 3.38. The third-order valence-corrected chi connectivity index (χ3v) is 4.25. The molecule has 2 heterocycles. The SMILES string of the molecule is CNC1CCN(c2cccc3cnccc23)C(C)C1. The third kappa shape index (κ3) is 2.30. The first-order valence-electron chi connectivity index (χ1n) is 7.06. The van der Waals surface area contributed by atoms with Gasteiger partial charge in [0.1, 0.15) is 0 Å². The molecule has 0 aliphatic carbocycles. The van der Waals surface area contributed by atoms with E-state index in [-0.39, 0.29) is 0 Å². The first-order chi connectivity index (χ1) is 9.29. The normalized spacial score (nSPS) is 23.8. The van der Waals surface area contributed by atoms with Gasteiger partial charge in [-0.15, -0.1) is 0 Å². The smallest absolute Gasteiger partial charge is 0.0449 e. The van der Waals surface area contributed by atoms with Crippen LogP contribution in [0, 0.1) is 0 Å². The summed E-state index contributed by atoms with van der Waals surface area (Å²) in [5, 5.41) is 5.94. The van der Waals surface area contributed by atoms with Crippen molar-refractivity contribution in [2.75, 3.05) is 18.5 Å². The maximum absolute atomic E-state index is 4.21. The summed E-state index contributed by atoms with van der Waals surface area (Å²) in [6.07, 6.45) is 6.25. The zero-order valence-corrected chi connectivity index (χ0v) is 11.6. The third-order valence-electron chi connectivity index (χ3n) is 4.25. The number of nitrogens with zero attached hydrogens (tertiary/aromatic N) is 2. The Morgan fingerprint density at radius 1 is 1.32 bits per heavy atom. The number of anilines is 1. The van der Waals surface area contributed by atoms with E-state index in [1.807, 2.05) is 12.4 Å². The summed E-state index contributed by atoms with van der Waals surface area (Å²) in [6, 6.07) is 9.86. The summed E-state index contributed by atoms with van der Waals surface area (Å²) in [5.74, 6) is 0. The van der Waals surface area contributed by atoms with Gasteiger partial charge in [0.15, 0.2) is 0 Å². The Hall–Kier alpha value is -1.61. The van der Waals surface area contributed by atoms with Gasteiger partial charge in [-0.2, -0.15) is 0 Å². The van der Waals surface area contributed by atoms with Crippen molar-refractivity contribution >= 4 is 16.5 Å². The number of piperidine rings is 1. The van der Waals surface area contributed by atoms with Crippen LogP contribution in [0.1, 0.15) is 19.8 Å². The predicted molar refractivity (Wildman–Crippen MR) is 80.6 cm³/mol. The fourth-order valence-electron chi connectivity index (χ4n) is 3.15. The molecule has 100 valence electrons. The summed E-state index contributed by atoms with van der Waals surface area (Å²) >= 11 is 0. The van der Waals surface area contributed by atoms with Crippen molar-refractivity contribution in [3.05, 3.63) is 36.7 Å². The predicted octanol–water partition coefficient (Wildman–Crippen LogP) is 2.81. The monoisotopic (exact) mass is 255 g/mol. The highest BCUT2D eigenvalue weighted by atomic mass is 15.2. The van der Waals surface area contributed by atoms with Crippen LogP contribution >= 0.6 is 0 Å². The van der Waals surface area contributed by atoms with Crippen molar-refractivity contribution in [3.63, 3.8) is 0 Å². The molecule has 1 aliphatic rings. The molecule has 0 saturated carbocycles. The molecule has 1 saturated heterocycles. The minimum absolute atomic E-state index is 0.574. The molecule has 2 unspecified atom stereocenters. The average Bonchev–Trinajstić information content (AvgIpc) is 2.46. The van der Waals surface area contributed by atoms with E-state index in [9.17, 15) is 0 Å². The van der Waals surface area contributed by atoms with Gasteiger partial charge in [-0.25, -0.2) is 0 Å². The highest BCUT2D eigenvalue weighted by Gasteiger charge is 2.25. The molecule has 1 aromatic heterocycles. The van der Waals surface area contributed by atoms with Gasteiger partial charge >= 0.3 is 0 Å². The minimum Gasteiger partial charge on any atom is -0.368 e. The largest absolute Gasteiger partial charge is 0.368 e. The van der Waals surface area contributed by atoms with E-state index < -0.39 is 0 Å². The summed E-state index contributed by atoms with van der Waals surface area (Å²) in [5.41, 5.74) is 1.35. The molecular formula is C16H21N3. The van der Waals surface area contributed by atoms with Crippen molar-refractivity contribution in [1.29, 1.82) is 0 Å². The van der Waals surface area contributed by atoms with E-state index in [0.29, 0.717) is 12.1 Å². The van der Waals surface area contributed by atoms with Crippen LogP contribution in [0.5, 0.6) is 0 Å². The Bertz CT molecular complexity index is 561. The number of pyridine rings is 1. The Morgan fingerprint density at radius 2 is 2.21 bits per heavy atom. The van der Waals surface area contributed by atoms with Gasteiger partial charge in [0.05, 0.1) is 0 Å². The molecule has 3 heteroatoms. The molecule has 1 N–H and O–H groups in total. The van der Waals surface area contributed by atoms with Gasteiger partial charge in [-0.1, -0.05) is 12.1 Å². The lowest BCUT2D eigenvalue weighted by molar-refractivity contribution is 0.387. The second-order valence-electron chi connectivity index (χ2n) is 5.43. The highest BCUT2D eigenvalue weighted by molar-refractivity contribution is 5.93. The number of hydrogen-bond acceptors (Lipinski definition) is 3. The van der Waals surface area contributed by atoms with Crippen LogP contribution in [0.25, 0.3) is 10.8 Å². The molecule has 3 rings (SSSR count). The molecular weight excluding hydrogens is 234 g/mol. The Morgan fingerprint density at radius 3 is 3.00 bits per heavy atom. The van der Waals surface area contributed by atoms with E-state index in [4.69, 9.17) is 0 Å². The second kappa shape index (κ2) is 5.17.